The summed E-state index contributed by atoms with van der Waals surface area (Å²) < 4.78 is 79.9. The van der Waals surface area contributed by atoms with Crippen LogP contribution in [0.25, 0.3) is 0 Å². The zero-order chi connectivity index (χ0) is 17.6. The first-order chi connectivity index (χ1) is 10.4. The van der Waals surface area contributed by atoms with Crippen LogP contribution in [-0.4, -0.2) is 18.2 Å². The van der Waals surface area contributed by atoms with Crippen molar-refractivity contribution >= 4 is 15.7 Å². The summed E-state index contributed by atoms with van der Waals surface area (Å²) in [5.41, 5.74) is -1.88. The molecule has 0 fully saturated rings. The maximum Gasteiger partial charge on any atom is 0.419 e. The Hall–Kier alpha value is -2.10. The van der Waals surface area contributed by atoms with Gasteiger partial charge in [0.15, 0.2) is 5.82 Å². The molecular formula is C13H13F4N3O2S. The van der Waals surface area contributed by atoms with Gasteiger partial charge < -0.3 is 0 Å². The molecule has 0 bridgehead atoms. The van der Waals surface area contributed by atoms with Crippen molar-refractivity contribution in [3.05, 3.63) is 41.0 Å². The topological polar surface area (TPSA) is 64.0 Å². The molecule has 10 heteroatoms. The Morgan fingerprint density at radius 3 is 2.30 bits per heavy atom. The van der Waals surface area contributed by atoms with E-state index in [2.05, 4.69) is 5.10 Å². The minimum atomic E-state index is -4.92. The van der Waals surface area contributed by atoms with Crippen LogP contribution in [0.3, 0.4) is 0 Å². The number of nitrogens with one attached hydrogen (secondary N) is 1. The number of nitrogens with zero attached hydrogens (tertiary/aromatic N) is 2. The number of anilines is 1. The highest BCUT2D eigenvalue weighted by atomic mass is 32.2. The molecule has 0 atom stereocenters. The molecule has 126 valence electrons. The monoisotopic (exact) mass is 351 g/mol. The summed E-state index contributed by atoms with van der Waals surface area (Å²) >= 11 is 0. The van der Waals surface area contributed by atoms with Crippen LogP contribution in [0.15, 0.2) is 23.1 Å². The van der Waals surface area contributed by atoms with Crippen LogP contribution >= 0.6 is 0 Å². The predicted molar refractivity (Wildman–Crippen MR) is 74.9 cm³/mol. The lowest BCUT2D eigenvalue weighted by Gasteiger charge is -2.13. The standard InChI is InChI=1S/C13H13F4N3O2S/c1-7-12(8(2)20(3)18-7)23(21,22)19-10-6-4-5-9(11(10)14)13(15,16)17/h4-6,19H,1-3H3. The summed E-state index contributed by atoms with van der Waals surface area (Å²) in [6, 6.07) is 2.38. The van der Waals surface area contributed by atoms with Crippen LogP contribution in [0.5, 0.6) is 0 Å². The normalized spacial score (nSPS) is 12.5. The average molecular weight is 351 g/mol. The van der Waals surface area contributed by atoms with Gasteiger partial charge in [-0.15, -0.1) is 0 Å². The summed E-state index contributed by atoms with van der Waals surface area (Å²) in [5, 5.41) is 3.92. The van der Waals surface area contributed by atoms with Crippen LogP contribution in [-0.2, 0) is 23.2 Å². The molecule has 1 aromatic carbocycles. The van der Waals surface area contributed by atoms with E-state index in [-0.39, 0.29) is 16.3 Å². The highest BCUT2D eigenvalue weighted by Crippen LogP contribution is 2.34. The van der Waals surface area contributed by atoms with Crippen LogP contribution in [0.2, 0.25) is 0 Å². The zero-order valence-electron chi connectivity index (χ0n) is 12.4. The SMILES string of the molecule is Cc1nn(C)c(C)c1S(=O)(=O)Nc1cccc(C(F)(F)F)c1F. The molecule has 0 aliphatic rings. The van der Waals surface area contributed by atoms with Gasteiger partial charge in [-0.1, -0.05) is 6.07 Å². The molecule has 2 rings (SSSR count). The Balaban J connectivity index is 2.51. The molecule has 5 nitrogen and oxygen atoms in total. The van der Waals surface area contributed by atoms with Crippen LogP contribution < -0.4 is 4.72 Å². The molecule has 0 radical (unpaired) electrons. The number of benzene rings is 1. The summed E-state index contributed by atoms with van der Waals surface area (Å²) in [5.74, 6) is -1.68. The molecule has 1 heterocycles. The number of hydrogen-bond donors (Lipinski definition) is 1. The Bertz CT molecular complexity index is 857. The summed E-state index contributed by atoms with van der Waals surface area (Å²) in [7, 11) is -2.76. The van der Waals surface area contributed by atoms with E-state index in [9.17, 15) is 26.0 Å². The van der Waals surface area contributed by atoms with E-state index in [1.165, 1.54) is 25.6 Å². The van der Waals surface area contributed by atoms with Crippen molar-refractivity contribution in [3.63, 3.8) is 0 Å². The first-order valence-electron chi connectivity index (χ1n) is 6.34. The van der Waals surface area contributed by atoms with Gasteiger partial charge in [-0.25, -0.2) is 12.8 Å². The first-order valence-corrected chi connectivity index (χ1v) is 7.82. The predicted octanol–water partition coefficient (Wildman–Crippen LogP) is 3.00. The Kier molecular flexibility index (Phi) is 4.14. The van der Waals surface area contributed by atoms with Gasteiger partial charge in [-0.05, 0) is 26.0 Å². The summed E-state index contributed by atoms with van der Waals surface area (Å²) in [4.78, 5) is -0.197. The minimum Gasteiger partial charge on any atom is -0.277 e. The molecule has 0 spiro atoms. The highest BCUT2D eigenvalue weighted by Gasteiger charge is 2.35. The second kappa shape index (κ2) is 5.52. The van der Waals surface area contributed by atoms with E-state index in [4.69, 9.17) is 0 Å². The highest BCUT2D eigenvalue weighted by molar-refractivity contribution is 7.92. The molecule has 0 aliphatic carbocycles. The van der Waals surface area contributed by atoms with Crippen LogP contribution in [0.1, 0.15) is 17.0 Å². The minimum absolute atomic E-state index is 0.157. The van der Waals surface area contributed by atoms with E-state index >= 15 is 0 Å². The van der Waals surface area contributed by atoms with Crippen molar-refractivity contribution in [2.75, 3.05) is 4.72 Å². The van der Waals surface area contributed by atoms with Gasteiger partial charge in [0.25, 0.3) is 10.0 Å². The van der Waals surface area contributed by atoms with Crippen LogP contribution in [0, 0.1) is 19.7 Å². The zero-order valence-corrected chi connectivity index (χ0v) is 13.2. The summed E-state index contributed by atoms with van der Waals surface area (Å²) in [6.07, 6.45) is -4.92. The largest absolute Gasteiger partial charge is 0.419 e. The van der Waals surface area contributed by atoms with E-state index in [0.717, 1.165) is 12.1 Å². The quantitative estimate of drug-likeness (QED) is 0.865. The van der Waals surface area contributed by atoms with Gasteiger partial charge in [0.05, 0.1) is 22.6 Å². The number of sulfonamides is 1. The average Bonchev–Trinajstić information content (AvgIpc) is 2.64. The van der Waals surface area contributed by atoms with E-state index in [1.54, 1.807) is 0 Å². The van der Waals surface area contributed by atoms with Crippen molar-refractivity contribution in [2.24, 2.45) is 7.05 Å². The Labute approximate surface area is 130 Å². The van der Waals surface area contributed by atoms with Crippen LogP contribution in [0.4, 0.5) is 23.2 Å². The van der Waals surface area contributed by atoms with Crippen molar-refractivity contribution in [2.45, 2.75) is 24.9 Å². The van der Waals surface area contributed by atoms with Gasteiger partial charge in [0.2, 0.25) is 0 Å². The number of rotatable bonds is 3. The van der Waals surface area contributed by atoms with Gasteiger partial charge in [-0.3, -0.25) is 9.40 Å². The molecule has 0 saturated heterocycles. The van der Waals surface area contributed by atoms with Crippen molar-refractivity contribution < 1.29 is 26.0 Å². The lowest BCUT2D eigenvalue weighted by molar-refractivity contribution is -0.139. The second-order valence-corrected chi connectivity index (χ2v) is 6.51. The molecule has 0 unspecified atom stereocenters. The molecule has 0 saturated carbocycles. The van der Waals surface area contributed by atoms with Crippen molar-refractivity contribution in [1.29, 1.82) is 0 Å². The maximum atomic E-state index is 14.0. The number of hydrogen-bond acceptors (Lipinski definition) is 3. The molecule has 23 heavy (non-hydrogen) atoms. The third kappa shape index (κ3) is 3.16. The number of aryl methyl sites for hydroxylation is 2. The van der Waals surface area contributed by atoms with Gasteiger partial charge in [0.1, 0.15) is 4.90 Å². The lowest BCUT2D eigenvalue weighted by Crippen LogP contribution is -2.17. The Morgan fingerprint density at radius 2 is 1.83 bits per heavy atom. The molecule has 2 aromatic rings. The number of alkyl halides is 3. The molecule has 1 aromatic heterocycles. The van der Waals surface area contributed by atoms with Gasteiger partial charge >= 0.3 is 6.18 Å². The van der Waals surface area contributed by atoms with Gasteiger partial charge in [0, 0.05) is 7.05 Å². The molecular weight excluding hydrogens is 338 g/mol. The fraction of sp³-hybridized carbons (Fsp3) is 0.308. The molecule has 0 aliphatic heterocycles. The molecule has 0 amide bonds. The first kappa shape index (κ1) is 17.3. The van der Waals surface area contributed by atoms with Crippen molar-refractivity contribution in [1.82, 2.24) is 9.78 Å². The fourth-order valence-electron chi connectivity index (χ4n) is 2.17. The smallest absolute Gasteiger partial charge is 0.277 e. The number of halogens is 4. The maximum absolute atomic E-state index is 14.0. The third-order valence-electron chi connectivity index (χ3n) is 3.26. The lowest BCUT2D eigenvalue weighted by atomic mass is 10.2. The van der Waals surface area contributed by atoms with Gasteiger partial charge in [-0.2, -0.15) is 18.3 Å². The molecule has 1 N–H and O–H groups in total. The van der Waals surface area contributed by atoms with Crippen molar-refractivity contribution in [3.8, 4) is 0 Å². The summed E-state index contributed by atoms with van der Waals surface area (Å²) in [6.45, 7) is 2.92. The fourth-order valence-corrected chi connectivity index (χ4v) is 3.67. The third-order valence-corrected chi connectivity index (χ3v) is 4.88. The Morgan fingerprint density at radius 1 is 1.22 bits per heavy atom. The van der Waals surface area contributed by atoms with E-state index < -0.39 is 33.3 Å². The van der Waals surface area contributed by atoms with E-state index in [1.807, 2.05) is 4.72 Å². The number of aromatic nitrogens is 2. The second-order valence-electron chi connectivity index (χ2n) is 4.89. The van der Waals surface area contributed by atoms with E-state index in [0.29, 0.717) is 6.07 Å².